The number of carbonyl (C=O) groups excluding carboxylic acids is 1. The van der Waals surface area contributed by atoms with Gasteiger partial charge in [-0.1, -0.05) is 0 Å². The van der Waals surface area contributed by atoms with Crippen LogP contribution in [0.3, 0.4) is 0 Å². The molecule has 1 saturated carbocycles. The third kappa shape index (κ3) is 2.99. The molecule has 0 bridgehead atoms. The Balaban J connectivity index is 1.96. The molecule has 0 spiro atoms. The van der Waals surface area contributed by atoms with Gasteiger partial charge in [-0.05, 0) is 12.8 Å². The third-order valence-corrected chi connectivity index (χ3v) is 2.60. The van der Waals surface area contributed by atoms with Crippen molar-refractivity contribution in [3.8, 4) is 5.75 Å². The minimum Gasteiger partial charge on any atom is -0.490 e. The summed E-state index contributed by atoms with van der Waals surface area (Å²) in [7, 11) is 3.28. The molecule has 0 unspecified atom stereocenters. The first-order valence-corrected chi connectivity index (χ1v) is 5.84. The van der Waals surface area contributed by atoms with E-state index in [0.29, 0.717) is 23.4 Å². The van der Waals surface area contributed by atoms with Gasteiger partial charge in [-0.3, -0.25) is 4.79 Å². The maximum Gasteiger partial charge on any atom is 0.239 e. The number of rotatable bonds is 6. The first-order chi connectivity index (χ1) is 8.74. The lowest BCUT2D eigenvalue weighted by Crippen LogP contribution is -2.31. The van der Waals surface area contributed by atoms with Crippen LogP contribution in [0.4, 0.5) is 11.6 Å². The number of nitrogens with one attached hydrogen (secondary N) is 3. The molecular weight excluding hydrogens is 234 g/mol. The molecule has 1 aliphatic rings. The minimum atomic E-state index is -0.0378. The molecule has 0 aromatic carbocycles. The van der Waals surface area contributed by atoms with Crippen LogP contribution in [0.5, 0.6) is 5.75 Å². The zero-order chi connectivity index (χ0) is 13.0. The van der Waals surface area contributed by atoms with Crippen LogP contribution in [-0.2, 0) is 4.79 Å². The zero-order valence-electron chi connectivity index (χ0n) is 10.5. The third-order valence-electron chi connectivity index (χ3n) is 2.60. The van der Waals surface area contributed by atoms with Crippen LogP contribution >= 0.6 is 0 Å². The highest BCUT2D eigenvalue weighted by Gasteiger charge is 2.23. The Hall–Kier alpha value is -2.05. The lowest BCUT2D eigenvalue weighted by molar-refractivity contribution is -0.119. The molecule has 1 aliphatic carbocycles. The van der Waals surface area contributed by atoms with Crippen molar-refractivity contribution < 1.29 is 9.53 Å². The van der Waals surface area contributed by atoms with Gasteiger partial charge in [0, 0.05) is 13.1 Å². The van der Waals surface area contributed by atoms with Crippen molar-refractivity contribution >= 4 is 17.5 Å². The first kappa shape index (κ1) is 12.4. The van der Waals surface area contributed by atoms with Crippen LogP contribution in [0.25, 0.3) is 0 Å². The quantitative estimate of drug-likeness (QED) is 0.670. The van der Waals surface area contributed by atoms with Crippen LogP contribution in [0.2, 0.25) is 0 Å². The van der Waals surface area contributed by atoms with E-state index in [-0.39, 0.29) is 12.5 Å². The molecule has 3 N–H and O–H groups in total. The molecule has 0 radical (unpaired) electrons. The van der Waals surface area contributed by atoms with Gasteiger partial charge < -0.3 is 20.7 Å². The summed E-state index contributed by atoms with van der Waals surface area (Å²) >= 11 is 0. The van der Waals surface area contributed by atoms with E-state index >= 15 is 0 Å². The second-order valence-corrected chi connectivity index (χ2v) is 4.05. The Morgan fingerprint density at radius 3 is 2.78 bits per heavy atom. The number of aromatic nitrogens is 2. The van der Waals surface area contributed by atoms with Crippen LogP contribution in [-0.4, -0.2) is 42.6 Å². The van der Waals surface area contributed by atoms with Crippen LogP contribution in [0.1, 0.15) is 12.8 Å². The summed E-state index contributed by atoms with van der Waals surface area (Å²) in [4.78, 5) is 19.6. The smallest absolute Gasteiger partial charge is 0.239 e. The van der Waals surface area contributed by atoms with E-state index in [2.05, 4.69) is 25.9 Å². The molecule has 0 aliphatic heterocycles. The number of anilines is 2. The highest BCUT2D eigenvalue weighted by atomic mass is 16.5. The molecule has 1 fully saturated rings. The van der Waals surface area contributed by atoms with Gasteiger partial charge in [0.2, 0.25) is 11.7 Å². The standard InChI is InChI=1S/C11H17N5O2/c1-12-10-9(18-2)11(15-6-14-10)13-5-8(17)16-7-3-4-7/h6-7H,3-5H2,1-2H3,(H,16,17)(H2,12,13,14,15). The largest absolute Gasteiger partial charge is 0.490 e. The number of amides is 1. The number of hydrogen-bond donors (Lipinski definition) is 3. The normalized spacial score (nSPS) is 13.9. The van der Waals surface area contributed by atoms with Gasteiger partial charge in [0.1, 0.15) is 6.33 Å². The fraction of sp³-hybridized carbons (Fsp3) is 0.545. The van der Waals surface area contributed by atoms with E-state index in [9.17, 15) is 4.79 Å². The van der Waals surface area contributed by atoms with Crippen molar-refractivity contribution in [2.75, 3.05) is 31.3 Å². The van der Waals surface area contributed by atoms with Crippen molar-refractivity contribution in [3.05, 3.63) is 6.33 Å². The molecule has 7 heteroatoms. The molecular formula is C11H17N5O2. The van der Waals surface area contributed by atoms with Crippen molar-refractivity contribution in [2.45, 2.75) is 18.9 Å². The lowest BCUT2D eigenvalue weighted by Gasteiger charge is -2.12. The maximum absolute atomic E-state index is 11.5. The monoisotopic (exact) mass is 251 g/mol. The van der Waals surface area contributed by atoms with Gasteiger partial charge in [-0.25, -0.2) is 9.97 Å². The van der Waals surface area contributed by atoms with Gasteiger partial charge >= 0.3 is 0 Å². The van der Waals surface area contributed by atoms with Gasteiger partial charge in [0.05, 0.1) is 13.7 Å². The summed E-state index contributed by atoms with van der Waals surface area (Å²) in [5.41, 5.74) is 0. The van der Waals surface area contributed by atoms with Gasteiger partial charge in [0.15, 0.2) is 11.6 Å². The molecule has 1 amide bonds. The maximum atomic E-state index is 11.5. The summed E-state index contributed by atoms with van der Waals surface area (Å²) < 4.78 is 5.21. The average molecular weight is 251 g/mol. The molecule has 2 rings (SSSR count). The topological polar surface area (TPSA) is 88.2 Å². The van der Waals surface area contributed by atoms with E-state index in [4.69, 9.17) is 4.74 Å². The number of nitrogens with zero attached hydrogens (tertiary/aromatic N) is 2. The lowest BCUT2D eigenvalue weighted by atomic mass is 10.4. The van der Waals surface area contributed by atoms with E-state index in [1.807, 2.05) is 0 Å². The summed E-state index contributed by atoms with van der Waals surface area (Å²) in [6, 6.07) is 0.361. The number of carbonyl (C=O) groups is 1. The molecule has 1 aromatic heterocycles. The highest BCUT2D eigenvalue weighted by molar-refractivity contribution is 5.81. The second-order valence-electron chi connectivity index (χ2n) is 4.05. The van der Waals surface area contributed by atoms with Crippen molar-refractivity contribution in [3.63, 3.8) is 0 Å². The molecule has 18 heavy (non-hydrogen) atoms. The van der Waals surface area contributed by atoms with Gasteiger partial charge in [0.25, 0.3) is 0 Å². The summed E-state index contributed by atoms with van der Waals surface area (Å²) in [6.45, 7) is 0.174. The van der Waals surface area contributed by atoms with Crippen molar-refractivity contribution in [1.29, 1.82) is 0 Å². The van der Waals surface area contributed by atoms with Crippen LogP contribution in [0.15, 0.2) is 6.33 Å². The van der Waals surface area contributed by atoms with Gasteiger partial charge in [-0.15, -0.1) is 0 Å². The average Bonchev–Trinajstić information content (AvgIpc) is 3.19. The summed E-state index contributed by atoms with van der Waals surface area (Å²) in [5, 5.41) is 8.73. The molecule has 0 atom stereocenters. The van der Waals surface area contributed by atoms with Crippen molar-refractivity contribution in [1.82, 2.24) is 15.3 Å². The summed E-state index contributed by atoms with van der Waals surface area (Å²) in [5.74, 6) is 1.55. The predicted octanol–water partition coefficient (Wildman–Crippen LogP) is 0.217. The molecule has 98 valence electrons. The Morgan fingerprint density at radius 1 is 1.44 bits per heavy atom. The number of ether oxygens (including phenoxy) is 1. The second kappa shape index (κ2) is 5.52. The highest BCUT2D eigenvalue weighted by Crippen LogP contribution is 2.28. The Bertz CT molecular complexity index is 433. The molecule has 1 aromatic rings. The fourth-order valence-corrected chi connectivity index (χ4v) is 1.54. The fourth-order valence-electron chi connectivity index (χ4n) is 1.54. The molecule has 7 nitrogen and oxygen atoms in total. The zero-order valence-corrected chi connectivity index (χ0v) is 10.5. The number of hydrogen-bond acceptors (Lipinski definition) is 6. The Labute approximate surface area is 105 Å². The van der Waals surface area contributed by atoms with Gasteiger partial charge in [-0.2, -0.15) is 0 Å². The minimum absolute atomic E-state index is 0.0378. The molecule has 1 heterocycles. The van der Waals surface area contributed by atoms with E-state index in [1.165, 1.54) is 13.4 Å². The Morgan fingerprint density at radius 2 is 2.17 bits per heavy atom. The van der Waals surface area contributed by atoms with Crippen molar-refractivity contribution in [2.24, 2.45) is 0 Å². The summed E-state index contributed by atoms with van der Waals surface area (Å²) in [6.07, 6.45) is 3.56. The SMILES string of the molecule is CNc1ncnc(NCC(=O)NC2CC2)c1OC. The van der Waals surface area contributed by atoms with E-state index < -0.39 is 0 Å². The van der Waals surface area contributed by atoms with Crippen LogP contribution in [0, 0.1) is 0 Å². The first-order valence-electron chi connectivity index (χ1n) is 5.84. The predicted molar refractivity (Wildman–Crippen MR) is 67.8 cm³/mol. The Kier molecular flexibility index (Phi) is 3.81. The number of methoxy groups -OCH3 is 1. The van der Waals surface area contributed by atoms with E-state index in [0.717, 1.165) is 12.8 Å². The molecule has 0 saturated heterocycles. The van der Waals surface area contributed by atoms with Crippen LogP contribution < -0.4 is 20.7 Å². The van der Waals surface area contributed by atoms with E-state index in [1.54, 1.807) is 7.05 Å².